The monoisotopic (exact) mass is 359 g/mol. The zero-order valence-corrected chi connectivity index (χ0v) is 14.8. The van der Waals surface area contributed by atoms with Gasteiger partial charge in [-0.1, -0.05) is 42.5 Å². The average molecular weight is 359 g/mol. The van der Waals surface area contributed by atoms with E-state index in [-0.39, 0.29) is 17.7 Å². The molecule has 0 unspecified atom stereocenters. The Hall–Kier alpha value is -3.18. The van der Waals surface area contributed by atoms with Crippen LogP contribution in [0.15, 0.2) is 79.1 Å². The first-order valence-electron chi connectivity index (χ1n) is 9.05. The van der Waals surface area contributed by atoms with E-state index in [1.54, 1.807) is 12.4 Å². The minimum Gasteiger partial charge on any atom is -0.454 e. The summed E-state index contributed by atoms with van der Waals surface area (Å²) in [5.41, 5.74) is 1.84. The normalized spacial score (nSPS) is 18.8. The number of nitrogens with one attached hydrogen (secondary N) is 2. The minimum atomic E-state index is -0.126. The van der Waals surface area contributed by atoms with E-state index in [2.05, 4.69) is 27.8 Å². The molecule has 136 valence electrons. The summed E-state index contributed by atoms with van der Waals surface area (Å²) < 4.78 is 5.89. The van der Waals surface area contributed by atoms with E-state index in [1.807, 2.05) is 54.6 Å². The van der Waals surface area contributed by atoms with Gasteiger partial charge in [0.15, 0.2) is 5.75 Å². The number of pyridine rings is 1. The minimum absolute atomic E-state index is 0.00362. The first-order chi connectivity index (χ1) is 13.3. The van der Waals surface area contributed by atoms with Crippen LogP contribution in [-0.4, -0.2) is 24.0 Å². The van der Waals surface area contributed by atoms with Crippen LogP contribution in [0.3, 0.4) is 0 Å². The van der Waals surface area contributed by atoms with Gasteiger partial charge in [0, 0.05) is 25.2 Å². The highest BCUT2D eigenvalue weighted by atomic mass is 16.5. The molecule has 1 saturated heterocycles. The summed E-state index contributed by atoms with van der Waals surface area (Å²) >= 11 is 0. The molecule has 1 aliphatic heterocycles. The Labute approximate surface area is 158 Å². The number of anilines is 1. The van der Waals surface area contributed by atoms with E-state index in [9.17, 15) is 4.79 Å². The second kappa shape index (κ2) is 8.01. The molecule has 27 heavy (non-hydrogen) atoms. The first kappa shape index (κ1) is 17.2. The van der Waals surface area contributed by atoms with E-state index >= 15 is 0 Å². The summed E-state index contributed by atoms with van der Waals surface area (Å²) in [5.74, 6) is 1.26. The molecule has 5 nitrogen and oxygen atoms in total. The van der Waals surface area contributed by atoms with Gasteiger partial charge in [0.05, 0.1) is 17.8 Å². The molecule has 0 bridgehead atoms. The van der Waals surface area contributed by atoms with Crippen LogP contribution in [0.2, 0.25) is 0 Å². The van der Waals surface area contributed by atoms with Crippen molar-refractivity contribution in [1.29, 1.82) is 0 Å². The molecule has 2 aromatic carbocycles. The molecule has 0 radical (unpaired) electrons. The lowest BCUT2D eigenvalue weighted by atomic mass is 9.88. The summed E-state index contributed by atoms with van der Waals surface area (Å²) in [5, 5.41) is 6.39. The number of rotatable bonds is 5. The second-order valence-electron chi connectivity index (χ2n) is 6.56. The third-order valence-corrected chi connectivity index (χ3v) is 4.79. The van der Waals surface area contributed by atoms with Gasteiger partial charge in [0.1, 0.15) is 5.75 Å². The van der Waals surface area contributed by atoms with Crippen LogP contribution in [0.4, 0.5) is 5.69 Å². The van der Waals surface area contributed by atoms with Crippen LogP contribution in [-0.2, 0) is 4.79 Å². The van der Waals surface area contributed by atoms with Crippen molar-refractivity contribution >= 4 is 11.6 Å². The van der Waals surface area contributed by atoms with Gasteiger partial charge in [-0.05, 0) is 29.8 Å². The molecule has 2 atom stereocenters. The highest BCUT2D eigenvalue weighted by Crippen LogP contribution is 2.32. The fourth-order valence-corrected chi connectivity index (χ4v) is 3.42. The van der Waals surface area contributed by atoms with Crippen molar-refractivity contribution in [1.82, 2.24) is 10.3 Å². The number of benzene rings is 2. The summed E-state index contributed by atoms with van der Waals surface area (Å²) in [4.78, 5) is 17.0. The van der Waals surface area contributed by atoms with Crippen molar-refractivity contribution < 1.29 is 9.53 Å². The lowest BCUT2D eigenvalue weighted by Crippen LogP contribution is -2.28. The summed E-state index contributed by atoms with van der Waals surface area (Å²) in [6.07, 6.45) is 3.34. The van der Waals surface area contributed by atoms with E-state index in [1.165, 1.54) is 5.56 Å². The Morgan fingerprint density at radius 3 is 2.63 bits per heavy atom. The highest BCUT2D eigenvalue weighted by molar-refractivity contribution is 5.95. The van der Waals surface area contributed by atoms with Crippen LogP contribution in [0.5, 0.6) is 11.5 Å². The number of carbonyl (C=O) groups excluding carboxylic acids is 1. The number of hydrogen-bond acceptors (Lipinski definition) is 4. The third-order valence-electron chi connectivity index (χ3n) is 4.79. The van der Waals surface area contributed by atoms with Gasteiger partial charge in [-0.15, -0.1) is 0 Å². The largest absolute Gasteiger partial charge is 0.454 e. The molecule has 1 aromatic heterocycles. The van der Waals surface area contributed by atoms with E-state index < -0.39 is 0 Å². The van der Waals surface area contributed by atoms with Gasteiger partial charge in [0.2, 0.25) is 5.91 Å². The number of para-hydroxylation sites is 2. The van der Waals surface area contributed by atoms with Crippen molar-refractivity contribution in [3.05, 3.63) is 84.7 Å². The molecular formula is C22H21N3O2. The number of aromatic nitrogens is 1. The fourth-order valence-electron chi connectivity index (χ4n) is 3.42. The molecular weight excluding hydrogens is 338 g/mol. The van der Waals surface area contributed by atoms with Gasteiger partial charge < -0.3 is 15.4 Å². The van der Waals surface area contributed by atoms with Crippen LogP contribution >= 0.6 is 0 Å². The summed E-state index contributed by atoms with van der Waals surface area (Å²) in [6, 6.07) is 21.3. The summed E-state index contributed by atoms with van der Waals surface area (Å²) in [7, 11) is 0. The third kappa shape index (κ3) is 3.99. The van der Waals surface area contributed by atoms with Crippen molar-refractivity contribution in [2.75, 3.05) is 18.4 Å². The Bertz CT molecular complexity index is 900. The standard InChI is InChI=1S/C22H21N3O2/c26-22(19-15-24-14-18(19)16-7-2-1-3-8-16)25-20-10-4-5-11-21(20)27-17-9-6-12-23-13-17/h1-13,18-19,24H,14-15H2,(H,25,26)/t18-,19+/m1/s1. The molecule has 1 amide bonds. The molecule has 4 rings (SSSR count). The second-order valence-corrected chi connectivity index (χ2v) is 6.56. The number of amides is 1. The molecule has 1 aliphatic rings. The number of nitrogens with zero attached hydrogens (tertiary/aromatic N) is 1. The van der Waals surface area contributed by atoms with Crippen molar-refractivity contribution in [3.8, 4) is 11.5 Å². The predicted octanol–water partition coefficient (Wildman–Crippen LogP) is 3.82. The van der Waals surface area contributed by atoms with E-state index in [0.717, 1.165) is 6.54 Å². The predicted molar refractivity (Wildman–Crippen MR) is 105 cm³/mol. The van der Waals surface area contributed by atoms with E-state index in [0.29, 0.717) is 23.7 Å². The van der Waals surface area contributed by atoms with Crippen LogP contribution < -0.4 is 15.4 Å². The van der Waals surface area contributed by atoms with Crippen molar-refractivity contribution in [2.24, 2.45) is 5.92 Å². The lowest BCUT2D eigenvalue weighted by Gasteiger charge is -2.19. The Kier molecular flexibility index (Phi) is 5.12. The van der Waals surface area contributed by atoms with Gasteiger partial charge in [0.25, 0.3) is 0 Å². The van der Waals surface area contributed by atoms with Gasteiger partial charge in [-0.3, -0.25) is 9.78 Å². The number of carbonyl (C=O) groups is 1. The molecule has 0 aliphatic carbocycles. The molecule has 5 heteroatoms. The lowest BCUT2D eigenvalue weighted by molar-refractivity contribution is -0.119. The Morgan fingerprint density at radius 1 is 1.00 bits per heavy atom. The zero-order valence-electron chi connectivity index (χ0n) is 14.8. The van der Waals surface area contributed by atoms with Crippen LogP contribution in [0.1, 0.15) is 11.5 Å². The fraction of sp³-hybridized carbons (Fsp3) is 0.182. The molecule has 0 spiro atoms. The van der Waals surface area contributed by atoms with Gasteiger partial charge >= 0.3 is 0 Å². The quantitative estimate of drug-likeness (QED) is 0.727. The van der Waals surface area contributed by atoms with Gasteiger partial charge in [-0.25, -0.2) is 0 Å². The maximum Gasteiger partial charge on any atom is 0.229 e. The maximum absolute atomic E-state index is 13.0. The van der Waals surface area contributed by atoms with Crippen LogP contribution in [0.25, 0.3) is 0 Å². The SMILES string of the molecule is O=C(Nc1ccccc1Oc1cccnc1)[C@H]1CNC[C@@H]1c1ccccc1. The maximum atomic E-state index is 13.0. The highest BCUT2D eigenvalue weighted by Gasteiger charge is 2.34. The molecule has 2 heterocycles. The van der Waals surface area contributed by atoms with Gasteiger partial charge in [-0.2, -0.15) is 0 Å². The molecule has 0 saturated carbocycles. The topological polar surface area (TPSA) is 63.2 Å². The van der Waals surface area contributed by atoms with Crippen LogP contribution in [0, 0.1) is 5.92 Å². The van der Waals surface area contributed by atoms with E-state index in [4.69, 9.17) is 4.74 Å². The van der Waals surface area contributed by atoms with Crippen molar-refractivity contribution in [2.45, 2.75) is 5.92 Å². The first-order valence-corrected chi connectivity index (χ1v) is 9.05. The Balaban J connectivity index is 1.51. The number of hydrogen-bond donors (Lipinski definition) is 2. The molecule has 1 fully saturated rings. The molecule has 2 N–H and O–H groups in total. The summed E-state index contributed by atoms with van der Waals surface area (Å²) in [6.45, 7) is 1.47. The Morgan fingerprint density at radius 2 is 1.81 bits per heavy atom. The number of ether oxygens (including phenoxy) is 1. The zero-order chi connectivity index (χ0) is 18.5. The molecule has 3 aromatic rings. The van der Waals surface area contributed by atoms with Crippen molar-refractivity contribution in [3.63, 3.8) is 0 Å². The smallest absolute Gasteiger partial charge is 0.229 e. The average Bonchev–Trinajstić information content (AvgIpc) is 3.21.